The minimum Gasteiger partial charge on any atom is -0.384 e. The van der Waals surface area contributed by atoms with Crippen LogP contribution in [-0.4, -0.2) is 26.9 Å². The molecule has 0 aliphatic heterocycles. The zero-order chi connectivity index (χ0) is 9.07. The van der Waals surface area contributed by atoms with E-state index in [0.29, 0.717) is 0 Å². The van der Waals surface area contributed by atoms with Gasteiger partial charge in [0.15, 0.2) is 0 Å². The van der Waals surface area contributed by atoms with E-state index >= 15 is 0 Å². The minimum atomic E-state index is 0.740. The third-order valence-corrected chi connectivity index (χ3v) is 1.51. The molecule has 0 N–H and O–H groups in total. The van der Waals surface area contributed by atoms with Gasteiger partial charge in [0.25, 0.3) is 0 Å². The summed E-state index contributed by atoms with van der Waals surface area (Å²) in [5.41, 5.74) is 0. The van der Waals surface area contributed by atoms with Gasteiger partial charge in [-0.15, -0.1) is 0 Å². The first kappa shape index (κ1) is 11.7. The quantitative estimate of drug-likeness (QED) is 0.413. The number of hydrogen-bond acceptors (Lipinski definition) is 2. The molecule has 0 bridgehead atoms. The van der Waals surface area contributed by atoms with Crippen molar-refractivity contribution in [1.82, 2.24) is 0 Å². The lowest BCUT2D eigenvalue weighted by Crippen LogP contribution is -1.93. The average molecular weight is 172 g/mol. The van der Waals surface area contributed by atoms with Crippen LogP contribution >= 0.6 is 0 Å². The third kappa shape index (κ3) is 9.66. The molecule has 0 heterocycles. The number of ether oxygens (including phenoxy) is 2. The fraction of sp³-hybridized carbons (Fsp3) is 0.800. The second-order valence-corrected chi connectivity index (χ2v) is 2.68. The average Bonchev–Trinajstić information content (AvgIpc) is 2.10. The fourth-order valence-corrected chi connectivity index (χ4v) is 0.770. The summed E-state index contributed by atoms with van der Waals surface area (Å²) in [7, 11) is 1.71. The summed E-state index contributed by atoms with van der Waals surface area (Å²) in [5.74, 6) is 0. The highest BCUT2D eigenvalue weighted by Gasteiger charge is 1.82. The highest BCUT2D eigenvalue weighted by molar-refractivity contribution is 4.80. The van der Waals surface area contributed by atoms with Gasteiger partial charge in [-0.1, -0.05) is 25.5 Å². The van der Waals surface area contributed by atoms with Crippen LogP contribution < -0.4 is 0 Å². The van der Waals surface area contributed by atoms with E-state index in [2.05, 4.69) is 19.1 Å². The fourth-order valence-electron chi connectivity index (χ4n) is 0.770. The minimum absolute atomic E-state index is 0.740. The van der Waals surface area contributed by atoms with Crippen LogP contribution in [0.1, 0.15) is 26.2 Å². The largest absolute Gasteiger partial charge is 0.384 e. The molecule has 0 rings (SSSR count). The summed E-state index contributed by atoms with van der Waals surface area (Å²) >= 11 is 0. The second-order valence-electron chi connectivity index (χ2n) is 2.68. The molecule has 0 radical (unpaired) electrons. The first-order chi connectivity index (χ1) is 5.91. The molecule has 2 nitrogen and oxygen atoms in total. The molecule has 12 heavy (non-hydrogen) atoms. The van der Waals surface area contributed by atoms with E-state index in [0.717, 1.165) is 32.7 Å². The maximum absolute atomic E-state index is 5.33. The monoisotopic (exact) mass is 172 g/mol. The van der Waals surface area contributed by atoms with Gasteiger partial charge in [-0.05, 0) is 12.8 Å². The van der Waals surface area contributed by atoms with E-state index in [-0.39, 0.29) is 0 Å². The molecule has 0 aromatic heterocycles. The SMILES string of the molecule is CCCCOCC=CCCOC. The predicted molar refractivity (Wildman–Crippen MR) is 51.4 cm³/mol. The van der Waals surface area contributed by atoms with Crippen molar-refractivity contribution in [3.8, 4) is 0 Å². The van der Waals surface area contributed by atoms with Crippen molar-refractivity contribution in [3.05, 3.63) is 12.2 Å². The molecule has 0 aromatic carbocycles. The molecule has 0 spiro atoms. The lowest BCUT2D eigenvalue weighted by molar-refractivity contribution is 0.158. The Morgan fingerprint density at radius 2 is 2.00 bits per heavy atom. The summed E-state index contributed by atoms with van der Waals surface area (Å²) in [6.45, 7) is 4.58. The molecule has 0 aromatic rings. The number of hydrogen-bond donors (Lipinski definition) is 0. The van der Waals surface area contributed by atoms with Crippen molar-refractivity contribution in [2.24, 2.45) is 0 Å². The molecule has 0 fully saturated rings. The molecule has 0 saturated carbocycles. The molecule has 2 heteroatoms. The van der Waals surface area contributed by atoms with Crippen molar-refractivity contribution >= 4 is 0 Å². The van der Waals surface area contributed by atoms with Crippen molar-refractivity contribution in [2.45, 2.75) is 26.2 Å². The van der Waals surface area contributed by atoms with Crippen molar-refractivity contribution in [1.29, 1.82) is 0 Å². The Labute approximate surface area is 75.6 Å². The molecule has 72 valence electrons. The van der Waals surface area contributed by atoms with Gasteiger partial charge < -0.3 is 9.47 Å². The molecule has 0 saturated heterocycles. The number of rotatable bonds is 8. The van der Waals surface area contributed by atoms with Crippen LogP contribution in [0.5, 0.6) is 0 Å². The smallest absolute Gasteiger partial charge is 0.0647 e. The van der Waals surface area contributed by atoms with Crippen LogP contribution in [-0.2, 0) is 9.47 Å². The Morgan fingerprint density at radius 1 is 1.17 bits per heavy atom. The molecule has 0 aliphatic carbocycles. The van der Waals surface area contributed by atoms with Gasteiger partial charge in [-0.2, -0.15) is 0 Å². The van der Waals surface area contributed by atoms with Crippen LogP contribution in [0.3, 0.4) is 0 Å². The van der Waals surface area contributed by atoms with Crippen LogP contribution in [0.15, 0.2) is 12.2 Å². The van der Waals surface area contributed by atoms with E-state index in [9.17, 15) is 0 Å². The number of unbranched alkanes of at least 4 members (excludes halogenated alkanes) is 1. The topological polar surface area (TPSA) is 18.5 Å². The van der Waals surface area contributed by atoms with E-state index < -0.39 is 0 Å². The standard InChI is InChI=1S/C10H20O2/c1-3-4-9-12-10-7-5-6-8-11-2/h5,7H,3-4,6,8-10H2,1-2H3. The molecule has 0 unspecified atom stereocenters. The number of methoxy groups -OCH3 is 1. The Morgan fingerprint density at radius 3 is 2.67 bits per heavy atom. The van der Waals surface area contributed by atoms with E-state index in [4.69, 9.17) is 9.47 Å². The Bertz CT molecular complexity index is 100. The Balaban J connectivity index is 2.92. The van der Waals surface area contributed by atoms with E-state index in [1.165, 1.54) is 6.42 Å². The molecule has 0 aliphatic rings. The van der Waals surface area contributed by atoms with Crippen molar-refractivity contribution in [3.63, 3.8) is 0 Å². The normalized spacial score (nSPS) is 11.2. The zero-order valence-electron chi connectivity index (χ0n) is 8.21. The molecule has 0 atom stereocenters. The Kier molecular flexibility index (Phi) is 10.4. The first-order valence-corrected chi connectivity index (χ1v) is 4.63. The van der Waals surface area contributed by atoms with Gasteiger partial charge in [-0.25, -0.2) is 0 Å². The summed E-state index contributed by atoms with van der Waals surface area (Å²) < 4.78 is 10.2. The highest BCUT2D eigenvalue weighted by Crippen LogP contribution is 1.89. The lowest BCUT2D eigenvalue weighted by Gasteiger charge is -1.97. The summed E-state index contributed by atoms with van der Waals surface area (Å²) in [5, 5.41) is 0. The highest BCUT2D eigenvalue weighted by atomic mass is 16.5. The summed E-state index contributed by atoms with van der Waals surface area (Å²) in [4.78, 5) is 0. The van der Waals surface area contributed by atoms with Crippen LogP contribution in [0.25, 0.3) is 0 Å². The zero-order valence-corrected chi connectivity index (χ0v) is 8.21. The van der Waals surface area contributed by atoms with E-state index in [1.807, 2.05) is 0 Å². The summed E-state index contributed by atoms with van der Waals surface area (Å²) in [6, 6.07) is 0. The molecule has 0 amide bonds. The van der Waals surface area contributed by atoms with Crippen molar-refractivity contribution in [2.75, 3.05) is 26.9 Å². The maximum Gasteiger partial charge on any atom is 0.0647 e. The van der Waals surface area contributed by atoms with Gasteiger partial charge in [-0.3, -0.25) is 0 Å². The maximum atomic E-state index is 5.33. The second kappa shape index (κ2) is 10.7. The first-order valence-electron chi connectivity index (χ1n) is 4.63. The van der Waals surface area contributed by atoms with Gasteiger partial charge in [0.05, 0.1) is 6.61 Å². The van der Waals surface area contributed by atoms with Crippen LogP contribution in [0.2, 0.25) is 0 Å². The van der Waals surface area contributed by atoms with Gasteiger partial charge in [0.1, 0.15) is 0 Å². The third-order valence-electron chi connectivity index (χ3n) is 1.51. The Hall–Kier alpha value is -0.340. The predicted octanol–water partition coefficient (Wildman–Crippen LogP) is 2.40. The van der Waals surface area contributed by atoms with Gasteiger partial charge >= 0.3 is 0 Å². The van der Waals surface area contributed by atoms with Gasteiger partial charge in [0, 0.05) is 20.3 Å². The lowest BCUT2D eigenvalue weighted by atomic mass is 10.4. The van der Waals surface area contributed by atoms with Gasteiger partial charge in [0.2, 0.25) is 0 Å². The van der Waals surface area contributed by atoms with Crippen molar-refractivity contribution < 1.29 is 9.47 Å². The van der Waals surface area contributed by atoms with E-state index in [1.54, 1.807) is 7.11 Å². The molecular formula is C10H20O2. The summed E-state index contributed by atoms with van der Waals surface area (Å²) in [6.07, 6.45) is 7.48. The van der Waals surface area contributed by atoms with Crippen LogP contribution in [0.4, 0.5) is 0 Å². The molecular weight excluding hydrogens is 152 g/mol. The van der Waals surface area contributed by atoms with Crippen LogP contribution in [0, 0.1) is 0 Å².